The van der Waals surface area contributed by atoms with Crippen molar-refractivity contribution in [1.29, 1.82) is 0 Å². The van der Waals surface area contributed by atoms with Crippen LogP contribution in [-0.4, -0.2) is 10.8 Å². The van der Waals surface area contributed by atoms with Crippen LogP contribution in [0.15, 0.2) is 0 Å². The summed E-state index contributed by atoms with van der Waals surface area (Å²) in [6.07, 6.45) is 5.74. The van der Waals surface area contributed by atoms with E-state index >= 15 is 0 Å². The Morgan fingerprint density at radius 2 is 1.22 bits per heavy atom. The number of hydrogen-bond donors (Lipinski definition) is 0. The molecular formula is C7H12Cl2. The van der Waals surface area contributed by atoms with Crippen molar-refractivity contribution in [3.8, 4) is 0 Å². The quantitative estimate of drug-likeness (QED) is 0.384. The molecule has 0 N–H and O–H groups in total. The summed E-state index contributed by atoms with van der Waals surface area (Å²) < 4.78 is 0. The van der Waals surface area contributed by atoms with Crippen molar-refractivity contribution < 1.29 is 0 Å². The molecule has 1 fully saturated rings. The van der Waals surface area contributed by atoms with E-state index in [2.05, 4.69) is 0 Å². The smallest absolute Gasteiger partial charge is 0.0336 e. The van der Waals surface area contributed by atoms with E-state index in [4.69, 9.17) is 23.2 Å². The van der Waals surface area contributed by atoms with Gasteiger partial charge in [-0.2, -0.15) is 0 Å². The molecule has 0 aromatic carbocycles. The van der Waals surface area contributed by atoms with Crippen molar-refractivity contribution in [2.24, 2.45) is 0 Å². The van der Waals surface area contributed by atoms with Gasteiger partial charge in [0.2, 0.25) is 0 Å². The van der Waals surface area contributed by atoms with E-state index in [1.807, 2.05) is 0 Å². The minimum Gasteiger partial charge on any atom is -0.123 e. The summed E-state index contributed by atoms with van der Waals surface area (Å²) in [7, 11) is 0. The van der Waals surface area contributed by atoms with E-state index in [-0.39, 0.29) is 0 Å². The van der Waals surface area contributed by atoms with Crippen molar-refractivity contribution in [2.45, 2.75) is 42.9 Å². The molecule has 1 aliphatic rings. The molecular weight excluding hydrogens is 155 g/mol. The van der Waals surface area contributed by atoms with Crippen molar-refractivity contribution >= 4 is 23.2 Å². The molecule has 0 aliphatic heterocycles. The molecule has 0 heterocycles. The third kappa shape index (κ3) is 2.77. The van der Waals surface area contributed by atoms with Gasteiger partial charge in [0, 0.05) is 10.8 Å². The SMILES string of the molecule is Cl[C@H]1CCC[C@H](Cl)CC1. The predicted molar refractivity (Wildman–Crippen MR) is 42.4 cm³/mol. The Morgan fingerprint density at radius 1 is 0.778 bits per heavy atom. The van der Waals surface area contributed by atoms with Gasteiger partial charge in [-0.25, -0.2) is 0 Å². The summed E-state index contributed by atoms with van der Waals surface area (Å²) in [4.78, 5) is 0. The van der Waals surface area contributed by atoms with Gasteiger partial charge in [-0.3, -0.25) is 0 Å². The van der Waals surface area contributed by atoms with Crippen LogP contribution >= 0.6 is 23.2 Å². The summed E-state index contributed by atoms with van der Waals surface area (Å²) in [5, 5.41) is 0.794. The molecule has 0 bridgehead atoms. The summed E-state index contributed by atoms with van der Waals surface area (Å²) in [5.41, 5.74) is 0. The Hall–Kier alpha value is 0.580. The summed E-state index contributed by atoms with van der Waals surface area (Å²) in [5.74, 6) is 0. The van der Waals surface area contributed by atoms with Gasteiger partial charge in [0.1, 0.15) is 0 Å². The van der Waals surface area contributed by atoms with Crippen LogP contribution in [0.3, 0.4) is 0 Å². The predicted octanol–water partition coefficient (Wildman–Crippen LogP) is 3.17. The zero-order valence-corrected chi connectivity index (χ0v) is 6.96. The van der Waals surface area contributed by atoms with E-state index in [9.17, 15) is 0 Å². The van der Waals surface area contributed by atoms with E-state index in [1.165, 1.54) is 6.42 Å². The Balaban J connectivity index is 2.25. The summed E-state index contributed by atoms with van der Waals surface area (Å²) >= 11 is 11.9. The van der Waals surface area contributed by atoms with Crippen LogP contribution in [0, 0.1) is 0 Å². The van der Waals surface area contributed by atoms with Crippen LogP contribution < -0.4 is 0 Å². The lowest BCUT2D eigenvalue weighted by atomic mass is 10.2. The van der Waals surface area contributed by atoms with Crippen LogP contribution in [0.2, 0.25) is 0 Å². The van der Waals surface area contributed by atoms with E-state index in [1.54, 1.807) is 0 Å². The fraction of sp³-hybridized carbons (Fsp3) is 1.00. The van der Waals surface area contributed by atoms with Gasteiger partial charge < -0.3 is 0 Å². The van der Waals surface area contributed by atoms with Gasteiger partial charge in [-0.05, 0) is 25.7 Å². The van der Waals surface area contributed by atoms with Crippen LogP contribution in [0.25, 0.3) is 0 Å². The molecule has 0 spiro atoms. The van der Waals surface area contributed by atoms with Gasteiger partial charge in [-0.15, -0.1) is 23.2 Å². The second-order valence-corrected chi connectivity index (χ2v) is 3.94. The minimum atomic E-state index is 0.397. The molecule has 1 saturated carbocycles. The average Bonchev–Trinajstić information content (AvgIpc) is 1.97. The van der Waals surface area contributed by atoms with Crippen LogP contribution in [0.1, 0.15) is 32.1 Å². The van der Waals surface area contributed by atoms with Crippen molar-refractivity contribution in [3.63, 3.8) is 0 Å². The van der Waals surface area contributed by atoms with Crippen LogP contribution in [-0.2, 0) is 0 Å². The lowest BCUT2D eigenvalue weighted by Gasteiger charge is -2.02. The zero-order chi connectivity index (χ0) is 6.69. The molecule has 0 nitrogen and oxygen atoms in total. The lowest BCUT2D eigenvalue weighted by Crippen LogP contribution is -1.96. The Labute approximate surface area is 66.5 Å². The van der Waals surface area contributed by atoms with Gasteiger partial charge in [0.15, 0.2) is 0 Å². The highest BCUT2D eigenvalue weighted by Gasteiger charge is 2.14. The fourth-order valence-electron chi connectivity index (χ4n) is 1.21. The molecule has 1 rings (SSSR count). The first-order chi connectivity index (χ1) is 4.29. The first-order valence-corrected chi connectivity index (χ1v) is 4.44. The third-order valence-electron chi connectivity index (χ3n) is 1.83. The maximum Gasteiger partial charge on any atom is 0.0336 e. The molecule has 2 heteroatoms. The molecule has 0 saturated heterocycles. The molecule has 1 aliphatic carbocycles. The maximum absolute atomic E-state index is 5.93. The molecule has 0 radical (unpaired) electrons. The van der Waals surface area contributed by atoms with Gasteiger partial charge in [0.25, 0.3) is 0 Å². The molecule has 0 unspecified atom stereocenters. The first kappa shape index (κ1) is 7.68. The summed E-state index contributed by atoms with van der Waals surface area (Å²) in [6, 6.07) is 0. The van der Waals surface area contributed by atoms with Crippen LogP contribution in [0.5, 0.6) is 0 Å². The Bertz CT molecular complexity index is 73.0. The van der Waals surface area contributed by atoms with Gasteiger partial charge in [-0.1, -0.05) is 6.42 Å². The lowest BCUT2D eigenvalue weighted by molar-refractivity contribution is 0.709. The molecule has 9 heavy (non-hydrogen) atoms. The largest absolute Gasteiger partial charge is 0.123 e. The van der Waals surface area contributed by atoms with Crippen molar-refractivity contribution in [3.05, 3.63) is 0 Å². The maximum atomic E-state index is 5.93. The molecule has 0 amide bonds. The minimum absolute atomic E-state index is 0.397. The van der Waals surface area contributed by atoms with Gasteiger partial charge >= 0.3 is 0 Å². The van der Waals surface area contributed by atoms with E-state index in [0.717, 1.165) is 25.7 Å². The van der Waals surface area contributed by atoms with Crippen LogP contribution in [0.4, 0.5) is 0 Å². The molecule has 0 aromatic heterocycles. The topological polar surface area (TPSA) is 0 Å². The Morgan fingerprint density at radius 3 is 1.67 bits per heavy atom. The zero-order valence-electron chi connectivity index (χ0n) is 5.45. The highest BCUT2D eigenvalue weighted by atomic mass is 35.5. The van der Waals surface area contributed by atoms with Crippen molar-refractivity contribution in [1.82, 2.24) is 0 Å². The highest BCUT2D eigenvalue weighted by Crippen LogP contribution is 2.24. The number of hydrogen-bond acceptors (Lipinski definition) is 0. The third-order valence-corrected chi connectivity index (χ3v) is 2.70. The van der Waals surface area contributed by atoms with Gasteiger partial charge in [0.05, 0.1) is 0 Å². The average molecular weight is 167 g/mol. The Kier molecular flexibility index (Phi) is 3.14. The van der Waals surface area contributed by atoms with E-state index in [0.29, 0.717) is 10.8 Å². The van der Waals surface area contributed by atoms with E-state index < -0.39 is 0 Å². The molecule has 54 valence electrons. The fourth-order valence-corrected chi connectivity index (χ4v) is 1.77. The number of halogens is 2. The monoisotopic (exact) mass is 166 g/mol. The number of rotatable bonds is 0. The van der Waals surface area contributed by atoms with Crippen molar-refractivity contribution in [2.75, 3.05) is 0 Å². The number of alkyl halides is 2. The standard InChI is InChI=1S/C7H12Cl2/c8-6-2-1-3-7(9)5-4-6/h6-7H,1-5H2/t6-,7-/m0/s1. The first-order valence-electron chi connectivity index (χ1n) is 3.57. The summed E-state index contributed by atoms with van der Waals surface area (Å²) in [6.45, 7) is 0. The highest BCUT2D eigenvalue weighted by molar-refractivity contribution is 6.21. The molecule has 0 aromatic rings. The molecule has 2 atom stereocenters. The second-order valence-electron chi connectivity index (χ2n) is 2.70. The normalized spacial score (nSPS) is 38.0. The second kappa shape index (κ2) is 3.68.